The highest BCUT2D eigenvalue weighted by molar-refractivity contribution is 5.90. The molecule has 0 spiro atoms. The molecular weight excluding hydrogens is 406 g/mol. The molecule has 1 atom stereocenters. The molecule has 4 amide bonds. The van der Waals surface area contributed by atoms with Gasteiger partial charge in [-0.25, -0.2) is 9.59 Å². The average Bonchev–Trinajstić information content (AvgIpc) is 3.42. The Balaban J connectivity index is 1.14. The quantitative estimate of drug-likeness (QED) is 0.804. The molecule has 8 heteroatoms. The lowest BCUT2D eigenvalue weighted by Crippen LogP contribution is -2.51. The van der Waals surface area contributed by atoms with E-state index in [0.29, 0.717) is 32.7 Å². The number of aromatic nitrogens is 1. The molecule has 5 rings (SSSR count). The number of nitrogens with one attached hydrogen (secondary N) is 1. The number of nitrogens with zero attached hydrogens (tertiary/aromatic N) is 4. The monoisotopic (exact) mass is 435 g/mol. The lowest BCUT2D eigenvalue weighted by molar-refractivity contribution is -0.138. The number of piperidine rings is 2. The van der Waals surface area contributed by atoms with E-state index < -0.39 is 0 Å². The number of fused-ring (bicyclic) bond motifs is 1. The number of carbonyl (C=O) groups excluding carboxylic acids is 3. The van der Waals surface area contributed by atoms with E-state index in [1.54, 1.807) is 9.47 Å². The maximum Gasteiger partial charge on any atom is 0.329 e. The topological polar surface area (TPSA) is 77.9 Å². The Hall–Kier alpha value is -3.29. The normalized spacial score (nSPS) is 21.6. The molecule has 2 saturated heterocycles. The first-order valence-electron chi connectivity index (χ1n) is 11.5. The summed E-state index contributed by atoms with van der Waals surface area (Å²) in [5.74, 6) is -0.0179. The van der Waals surface area contributed by atoms with Crippen molar-refractivity contribution in [2.45, 2.75) is 38.3 Å². The summed E-state index contributed by atoms with van der Waals surface area (Å²) in [6.45, 7) is 3.10. The second-order valence-corrected chi connectivity index (χ2v) is 8.92. The lowest BCUT2D eigenvalue weighted by Gasteiger charge is -2.39. The number of hydrogen-bond acceptors (Lipinski definition) is 3. The summed E-state index contributed by atoms with van der Waals surface area (Å²) in [6, 6.07) is 13.3. The van der Waals surface area contributed by atoms with Crippen LogP contribution in [0.15, 0.2) is 48.7 Å². The van der Waals surface area contributed by atoms with Gasteiger partial charge in [-0.15, -0.1) is 0 Å². The highest BCUT2D eigenvalue weighted by Crippen LogP contribution is 2.27. The summed E-state index contributed by atoms with van der Waals surface area (Å²) in [7, 11) is 0. The van der Waals surface area contributed by atoms with Crippen LogP contribution >= 0.6 is 0 Å². The van der Waals surface area contributed by atoms with E-state index in [9.17, 15) is 14.4 Å². The van der Waals surface area contributed by atoms with E-state index in [2.05, 4.69) is 5.32 Å². The van der Waals surface area contributed by atoms with E-state index in [-0.39, 0.29) is 29.9 Å². The Morgan fingerprint density at radius 2 is 1.69 bits per heavy atom. The summed E-state index contributed by atoms with van der Waals surface area (Å²) in [5.41, 5.74) is 1.79. The number of urea groups is 1. The zero-order valence-electron chi connectivity index (χ0n) is 18.2. The first-order valence-corrected chi connectivity index (χ1v) is 11.5. The molecule has 8 nitrogen and oxygen atoms in total. The minimum Gasteiger partial charge on any atom is -0.342 e. The van der Waals surface area contributed by atoms with Crippen molar-refractivity contribution in [2.75, 3.05) is 31.5 Å². The molecule has 168 valence electrons. The molecule has 1 N–H and O–H groups in total. The number of rotatable bonds is 3. The Morgan fingerprint density at radius 3 is 2.44 bits per heavy atom. The highest BCUT2D eigenvalue weighted by atomic mass is 16.2. The van der Waals surface area contributed by atoms with Crippen LogP contribution in [-0.2, 0) is 11.3 Å². The SMILES string of the molecule is O=C(Nc1ccccc1)N1CCCC(C(=O)N2CCC(N3Cc4cccn4C3=O)CC2)C1. The van der Waals surface area contributed by atoms with Crippen molar-refractivity contribution >= 4 is 23.7 Å². The molecule has 1 aromatic carbocycles. The molecule has 3 aliphatic heterocycles. The summed E-state index contributed by atoms with van der Waals surface area (Å²) >= 11 is 0. The number of carbonyl (C=O) groups is 3. The van der Waals surface area contributed by atoms with Crippen molar-refractivity contribution in [3.63, 3.8) is 0 Å². The number of amides is 4. The first-order chi connectivity index (χ1) is 15.6. The van der Waals surface area contributed by atoms with Gasteiger partial charge >= 0.3 is 12.1 Å². The number of likely N-dealkylation sites (tertiary alicyclic amines) is 2. The predicted octanol–water partition coefficient (Wildman–Crippen LogP) is 3.21. The molecule has 1 unspecified atom stereocenters. The highest BCUT2D eigenvalue weighted by Gasteiger charge is 2.37. The van der Waals surface area contributed by atoms with Crippen molar-refractivity contribution in [1.29, 1.82) is 0 Å². The molecule has 2 fully saturated rings. The fourth-order valence-electron chi connectivity index (χ4n) is 5.14. The van der Waals surface area contributed by atoms with Crippen molar-refractivity contribution in [1.82, 2.24) is 19.3 Å². The lowest BCUT2D eigenvalue weighted by atomic mass is 9.94. The van der Waals surface area contributed by atoms with E-state index >= 15 is 0 Å². The van der Waals surface area contributed by atoms with E-state index in [1.807, 2.05) is 58.5 Å². The van der Waals surface area contributed by atoms with Crippen LogP contribution in [0.4, 0.5) is 15.3 Å². The zero-order valence-corrected chi connectivity index (χ0v) is 18.2. The molecule has 0 radical (unpaired) electrons. The molecule has 1 aromatic heterocycles. The molecule has 4 heterocycles. The Labute approximate surface area is 187 Å². The molecule has 32 heavy (non-hydrogen) atoms. The van der Waals surface area contributed by atoms with Crippen LogP contribution in [0.3, 0.4) is 0 Å². The van der Waals surface area contributed by atoms with Crippen LogP contribution in [0.5, 0.6) is 0 Å². The predicted molar refractivity (Wildman–Crippen MR) is 120 cm³/mol. The van der Waals surface area contributed by atoms with Gasteiger partial charge in [0.1, 0.15) is 0 Å². The van der Waals surface area contributed by atoms with Gasteiger partial charge in [0.15, 0.2) is 0 Å². The van der Waals surface area contributed by atoms with Gasteiger partial charge in [-0.05, 0) is 49.9 Å². The van der Waals surface area contributed by atoms with Gasteiger partial charge < -0.3 is 20.0 Å². The molecular formula is C24H29N5O3. The fraction of sp³-hybridized carbons (Fsp3) is 0.458. The maximum absolute atomic E-state index is 13.2. The molecule has 0 bridgehead atoms. The van der Waals surface area contributed by atoms with Crippen LogP contribution in [0.25, 0.3) is 0 Å². The Kier molecular flexibility index (Phi) is 5.59. The third-order valence-electron chi connectivity index (χ3n) is 6.92. The van der Waals surface area contributed by atoms with Gasteiger partial charge in [-0.1, -0.05) is 18.2 Å². The summed E-state index contributed by atoms with van der Waals surface area (Å²) in [4.78, 5) is 44.1. The summed E-state index contributed by atoms with van der Waals surface area (Å²) in [6.07, 6.45) is 5.06. The Bertz CT molecular complexity index is 996. The molecule has 2 aromatic rings. The summed E-state index contributed by atoms with van der Waals surface area (Å²) < 4.78 is 1.72. The standard InChI is InChI=1S/C24H29N5O3/c30-22(18-6-4-12-27(16-18)23(31)25-19-7-2-1-3-8-19)26-14-10-20(11-15-26)29-17-21-9-5-13-28(21)24(29)32/h1-3,5,7-9,13,18,20H,4,6,10-12,14-17H2,(H,25,31). The number of hydrogen-bond donors (Lipinski definition) is 1. The molecule has 0 saturated carbocycles. The van der Waals surface area contributed by atoms with Gasteiger partial charge in [0, 0.05) is 49.8 Å². The van der Waals surface area contributed by atoms with Gasteiger partial charge in [-0.2, -0.15) is 0 Å². The number of para-hydroxylation sites is 1. The average molecular weight is 436 g/mol. The zero-order chi connectivity index (χ0) is 22.1. The van der Waals surface area contributed by atoms with Gasteiger partial charge in [0.25, 0.3) is 0 Å². The smallest absolute Gasteiger partial charge is 0.329 e. The van der Waals surface area contributed by atoms with Crippen LogP contribution < -0.4 is 5.32 Å². The minimum atomic E-state index is -0.156. The number of anilines is 1. The third kappa shape index (κ3) is 3.97. The van der Waals surface area contributed by atoms with Crippen LogP contribution in [0.1, 0.15) is 31.4 Å². The first kappa shape index (κ1) is 20.6. The molecule has 0 aliphatic carbocycles. The largest absolute Gasteiger partial charge is 0.342 e. The van der Waals surface area contributed by atoms with Crippen LogP contribution in [0, 0.1) is 5.92 Å². The third-order valence-corrected chi connectivity index (χ3v) is 6.92. The maximum atomic E-state index is 13.2. The van der Waals surface area contributed by atoms with Crippen molar-refractivity contribution in [3.8, 4) is 0 Å². The molecule has 3 aliphatic rings. The second kappa shape index (κ2) is 8.68. The van der Waals surface area contributed by atoms with Crippen molar-refractivity contribution in [3.05, 3.63) is 54.4 Å². The van der Waals surface area contributed by atoms with Gasteiger partial charge in [0.05, 0.1) is 12.5 Å². The van der Waals surface area contributed by atoms with Crippen LogP contribution in [0.2, 0.25) is 0 Å². The van der Waals surface area contributed by atoms with Crippen molar-refractivity contribution in [2.24, 2.45) is 5.92 Å². The van der Waals surface area contributed by atoms with Gasteiger partial charge in [0.2, 0.25) is 5.91 Å². The fourth-order valence-corrected chi connectivity index (χ4v) is 5.14. The summed E-state index contributed by atoms with van der Waals surface area (Å²) in [5, 5.41) is 2.92. The minimum absolute atomic E-state index is 0.0436. The van der Waals surface area contributed by atoms with Crippen LogP contribution in [-0.4, -0.2) is 69.5 Å². The van der Waals surface area contributed by atoms with Crippen molar-refractivity contribution < 1.29 is 14.4 Å². The van der Waals surface area contributed by atoms with E-state index in [4.69, 9.17) is 0 Å². The van der Waals surface area contributed by atoms with E-state index in [0.717, 1.165) is 37.1 Å². The Morgan fingerprint density at radius 1 is 0.906 bits per heavy atom. The van der Waals surface area contributed by atoms with E-state index in [1.165, 1.54) is 0 Å². The number of benzene rings is 1. The van der Waals surface area contributed by atoms with Gasteiger partial charge in [-0.3, -0.25) is 9.36 Å². The second-order valence-electron chi connectivity index (χ2n) is 8.92.